The first-order valence-corrected chi connectivity index (χ1v) is 5.32. The maximum Gasteiger partial charge on any atom is 0.0573 e. The van der Waals surface area contributed by atoms with Crippen LogP contribution in [0.25, 0.3) is 0 Å². The van der Waals surface area contributed by atoms with Crippen LogP contribution in [0.2, 0.25) is 0 Å². The van der Waals surface area contributed by atoms with Crippen LogP contribution in [-0.2, 0) is 0 Å². The normalized spacial score (nSPS) is 17.8. The third-order valence-electron chi connectivity index (χ3n) is 2.25. The summed E-state index contributed by atoms with van der Waals surface area (Å²) in [6, 6.07) is 0. The molecule has 0 aromatic heterocycles. The monoisotopic (exact) mass is 204 g/mol. The third-order valence-corrected chi connectivity index (χ3v) is 2.25. The molecule has 0 nitrogen and oxygen atoms in total. The molecule has 76 valence electrons. The van der Waals surface area contributed by atoms with E-state index in [1.54, 1.807) is 12.2 Å². The van der Waals surface area contributed by atoms with Gasteiger partial charge >= 0.3 is 0 Å². The summed E-state index contributed by atoms with van der Waals surface area (Å²) < 4.78 is 0. The first kappa shape index (κ1) is 10.3. The summed E-state index contributed by atoms with van der Waals surface area (Å²) in [5, 5.41) is 0. The van der Waals surface area contributed by atoms with Crippen LogP contribution in [0.5, 0.6) is 0 Å². The quantitative estimate of drug-likeness (QED) is 0.532. The molecule has 0 heterocycles. The van der Waals surface area contributed by atoms with E-state index >= 15 is 0 Å². The van der Waals surface area contributed by atoms with Crippen molar-refractivity contribution in [3.63, 3.8) is 0 Å². The van der Waals surface area contributed by atoms with Crippen molar-refractivity contribution in [2.75, 3.05) is 0 Å². The number of hydrogen-bond donors (Lipinski definition) is 0. The van der Waals surface area contributed by atoms with Gasteiger partial charge in [0.1, 0.15) is 0 Å². The first-order valence-electron chi connectivity index (χ1n) is 5.32. The highest BCUT2D eigenvalue weighted by Gasteiger charge is 1.96. The fourth-order valence-electron chi connectivity index (χ4n) is 1.43. The molecule has 0 aromatic rings. The van der Waals surface area contributed by atoms with Gasteiger partial charge in [0, 0.05) is 0 Å². The standard InChI is InChI=1S/C16H12/c1(3-9-15-11-5-6-12-15)2-4-10-16-13-7-8-14-16/h1-2,5-8,11-16H/b2-1-. The van der Waals surface area contributed by atoms with Crippen molar-refractivity contribution >= 4 is 0 Å². The van der Waals surface area contributed by atoms with E-state index in [1.165, 1.54) is 0 Å². The molecule has 0 amide bonds. The van der Waals surface area contributed by atoms with Crippen LogP contribution in [-0.4, -0.2) is 0 Å². The maximum absolute atomic E-state index is 3.10. The van der Waals surface area contributed by atoms with Gasteiger partial charge < -0.3 is 0 Å². The molecule has 0 bridgehead atoms. The van der Waals surface area contributed by atoms with E-state index in [4.69, 9.17) is 0 Å². The molecule has 0 saturated carbocycles. The number of hydrogen-bond acceptors (Lipinski definition) is 0. The molecular weight excluding hydrogens is 192 g/mol. The number of allylic oxidation sites excluding steroid dienone is 10. The van der Waals surface area contributed by atoms with Gasteiger partial charge in [0.05, 0.1) is 11.8 Å². The van der Waals surface area contributed by atoms with E-state index in [0.717, 1.165) is 0 Å². The molecule has 2 rings (SSSR count). The predicted molar refractivity (Wildman–Crippen MR) is 68.2 cm³/mol. The van der Waals surface area contributed by atoms with Gasteiger partial charge in [-0.3, -0.25) is 0 Å². The molecular formula is C16H12. The Bertz CT molecular complexity index is 430. The van der Waals surface area contributed by atoms with Crippen molar-refractivity contribution < 1.29 is 0 Å². The van der Waals surface area contributed by atoms with Crippen molar-refractivity contribution in [1.29, 1.82) is 0 Å². The molecule has 2 aliphatic rings. The lowest BCUT2D eigenvalue weighted by Crippen LogP contribution is -1.80. The highest BCUT2D eigenvalue weighted by atomic mass is 14.0. The molecule has 0 N–H and O–H groups in total. The second-order valence-corrected chi connectivity index (χ2v) is 3.50. The van der Waals surface area contributed by atoms with E-state index in [1.807, 2.05) is 24.3 Å². The van der Waals surface area contributed by atoms with Crippen molar-refractivity contribution in [2.24, 2.45) is 11.8 Å². The summed E-state index contributed by atoms with van der Waals surface area (Å²) in [5.74, 6) is 12.7. The van der Waals surface area contributed by atoms with Crippen LogP contribution in [0, 0.1) is 35.5 Å². The van der Waals surface area contributed by atoms with Gasteiger partial charge in [0.25, 0.3) is 0 Å². The van der Waals surface area contributed by atoms with Gasteiger partial charge in [-0.1, -0.05) is 72.3 Å². The Morgan fingerprint density at radius 2 is 1.00 bits per heavy atom. The highest BCUT2D eigenvalue weighted by molar-refractivity contribution is 5.34. The fraction of sp³-hybridized carbons (Fsp3) is 0.125. The van der Waals surface area contributed by atoms with Crippen molar-refractivity contribution in [2.45, 2.75) is 0 Å². The van der Waals surface area contributed by atoms with Crippen molar-refractivity contribution in [1.82, 2.24) is 0 Å². The highest BCUT2D eigenvalue weighted by Crippen LogP contribution is 2.06. The fourth-order valence-corrected chi connectivity index (χ4v) is 1.43. The molecule has 0 heteroatoms. The summed E-state index contributed by atoms with van der Waals surface area (Å²) in [4.78, 5) is 0. The van der Waals surface area contributed by atoms with Crippen LogP contribution in [0.3, 0.4) is 0 Å². The number of rotatable bonds is 0. The zero-order chi connectivity index (χ0) is 11.1. The minimum absolute atomic E-state index is 0.276. The van der Waals surface area contributed by atoms with E-state index in [9.17, 15) is 0 Å². The Balaban J connectivity index is 1.81. The van der Waals surface area contributed by atoms with Gasteiger partial charge in [0.15, 0.2) is 0 Å². The zero-order valence-corrected chi connectivity index (χ0v) is 8.93. The minimum Gasteiger partial charge on any atom is -0.0867 e. The molecule has 0 aliphatic heterocycles. The van der Waals surface area contributed by atoms with Crippen LogP contribution >= 0.6 is 0 Å². The van der Waals surface area contributed by atoms with Crippen LogP contribution in [0.1, 0.15) is 0 Å². The SMILES string of the molecule is C(#CC1C=CC=C1)/C=C\C#CC1C=CC=C1. The molecule has 16 heavy (non-hydrogen) atoms. The molecule has 0 radical (unpaired) electrons. The topological polar surface area (TPSA) is 0 Å². The lowest BCUT2D eigenvalue weighted by atomic mass is 10.2. The maximum atomic E-state index is 3.10. The molecule has 0 atom stereocenters. The Morgan fingerprint density at radius 1 is 0.625 bits per heavy atom. The Hall–Kier alpha value is -2.18. The largest absolute Gasteiger partial charge is 0.0867 e. The summed E-state index contributed by atoms with van der Waals surface area (Å²) >= 11 is 0. The van der Waals surface area contributed by atoms with Crippen LogP contribution in [0.4, 0.5) is 0 Å². The second-order valence-electron chi connectivity index (χ2n) is 3.50. The molecule has 0 unspecified atom stereocenters. The molecule has 0 saturated heterocycles. The predicted octanol–water partition coefficient (Wildman–Crippen LogP) is 3.03. The molecule has 0 fully saturated rings. The lowest BCUT2D eigenvalue weighted by molar-refractivity contribution is 1.15. The van der Waals surface area contributed by atoms with E-state index in [-0.39, 0.29) is 11.8 Å². The summed E-state index contributed by atoms with van der Waals surface area (Å²) in [6.45, 7) is 0. The molecule has 0 aromatic carbocycles. The van der Waals surface area contributed by atoms with Crippen molar-refractivity contribution in [3.05, 3.63) is 60.8 Å². The average molecular weight is 204 g/mol. The zero-order valence-electron chi connectivity index (χ0n) is 8.93. The van der Waals surface area contributed by atoms with E-state index in [2.05, 4.69) is 48.0 Å². The van der Waals surface area contributed by atoms with E-state index < -0.39 is 0 Å². The van der Waals surface area contributed by atoms with Gasteiger partial charge in [-0.15, -0.1) is 0 Å². The minimum atomic E-state index is 0.276. The second kappa shape index (κ2) is 5.64. The Labute approximate surface area is 96.8 Å². The van der Waals surface area contributed by atoms with E-state index in [0.29, 0.717) is 0 Å². The Morgan fingerprint density at radius 3 is 1.38 bits per heavy atom. The summed E-state index contributed by atoms with van der Waals surface area (Å²) in [7, 11) is 0. The summed E-state index contributed by atoms with van der Waals surface area (Å²) in [6.07, 6.45) is 19.9. The summed E-state index contributed by atoms with van der Waals surface area (Å²) in [5.41, 5.74) is 0. The smallest absolute Gasteiger partial charge is 0.0573 e. The van der Waals surface area contributed by atoms with Crippen LogP contribution < -0.4 is 0 Å². The molecule has 0 spiro atoms. The third kappa shape index (κ3) is 3.19. The Kier molecular flexibility index (Phi) is 3.65. The lowest BCUT2D eigenvalue weighted by Gasteiger charge is -1.87. The van der Waals surface area contributed by atoms with Gasteiger partial charge in [-0.2, -0.15) is 0 Å². The average Bonchev–Trinajstić information content (AvgIpc) is 2.96. The van der Waals surface area contributed by atoms with Gasteiger partial charge in [0.2, 0.25) is 0 Å². The van der Waals surface area contributed by atoms with Crippen molar-refractivity contribution in [3.8, 4) is 23.7 Å². The molecule has 2 aliphatic carbocycles. The van der Waals surface area contributed by atoms with Gasteiger partial charge in [-0.05, 0) is 12.2 Å². The first-order chi connectivity index (χ1) is 7.95. The van der Waals surface area contributed by atoms with Crippen LogP contribution in [0.15, 0.2) is 60.8 Å². The van der Waals surface area contributed by atoms with Gasteiger partial charge in [-0.25, -0.2) is 0 Å².